The van der Waals surface area contributed by atoms with Crippen LogP contribution in [0.1, 0.15) is 0 Å². The molecule has 1 aliphatic rings. The van der Waals surface area contributed by atoms with Crippen LogP contribution in [0, 0.1) is 5.82 Å². The van der Waals surface area contributed by atoms with E-state index in [4.69, 9.17) is 4.74 Å². The van der Waals surface area contributed by atoms with Crippen LogP contribution in [0.4, 0.5) is 10.1 Å². The number of amides is 1. The second-order valence-electron chi connectivity index (χ2n) is 7.51. The van der Waals surface area contributed by atoms with Gasteiger partial charge in [-0.05, 0) is 30.3 Å². The van der Waals surface area contributed by atoms with Crippen LogP contribution in [0.15, 0.2) is 52.2 Å². The predicted molar refractivity (Wildman–Crippen MR) is 116 cm³/mol. The van der Waals surface area contributed by atoms with Gasteiger partial charge in [-0.3, -0.25) is 18.2 Å². The third kappa shape index (κ3) is 3.78. The molecule has 0 aliphatic carbocycles. The number of halogens is 1. The van der Waals surface area contributed by atoms with Crippen molar-refractivity contribution < 1.29 is 22.3 Å². The molecule has 3 aromatic rings. The second-order valence-corrected chi connectivity index (χ2v) is 9.37. The molecule has 1 fully saturated rings. The summed E-state index contributed by atoms with van der Waals surface area (Å²) in [7, 11) is -1.20. The maximum Gasteiger partial charge on any atom is 0.328 e. The smallest absolute Gasteiger partial charge is 0.328 e. The topological polar surface area (TPSA) is 93.8 Å². The fraction of sp³-hybridized carbons (Fsp3) is 0.333. The van der Waals surface area contributed by atoms with Gasteiger partial charge in [-0.2, -0.15) is 0 Å². The zero-order valence-electron chi connectivity index (χ0n) is 17.7. The number of anilines is 1. The van der Waals surface area contributed by atoms with Crippen LogP contribution in [0.3, 0.4) is 0 Å². The number of rotatable bonds is 5. The van der Waals surface area contributed by atoms with Crippen molar-refractivity contribution in [3.8, 4) is 0 Å². The number of aromatic nitrogens is 2. The molecule has 32 heavy (non-hydrogen) atoms. The average Bonchev–Trinajstić information content (AvgIpc) is 3.02. The van der Waals surface area contributed by atoms with Gasteiger partial charge in [0.1, 0.15) is 12.4 Å². The minimum atomic E-state index is -4.33. The minimum Gasteiger partial charge on any atom is -0.378 e. The van der Waals surface area contributed by atoms with Crippen LogP contribution in [-0.2, 0) is 33.7 Å². The largest absolute Gasteiger partial charge is 0.378 e. The lowest BCUT2D eigenvalue weighted by molar-refractivity contribution is -0.133. The van der Waals surface area contributed by atoms with Crippen molar-refractivity contribution in [1.82, 2.24) is 14.0 Å². The summed E-state index contributed by atoms with van der Waals surface area (Å²) in [5.74, 6) is -1.22. The Balaban J connectivity index is 1.80. The van der Waals surface area contributed by atoms with Gasteiger partial charge in [0, 0.05) is 27.2 Å². The number of sulfonamides is 1. The van der Waals surface area contributed by atoms with E-state index in [2.05, 4.69) is 0 Å². The molecule has 0 atom stereocenters. The summed E-state index contributed by atoms with van der Waals surface area (Å²) in [6, 6.07) is 9.64. The van der Waals surface area contributed by atoms with E-state index in [0.717, 1.165) is 10.4 Å². The summed E-state index contributed by atoms with van der Waals surface area (Å²) in [5, 5.41) is 0. The molecule has 0 unspecified atom stereocenters. The molecule has 1 amide bonds. The van der Waals surface area contributed by atoms with Crippen molar-refractivity contribution in [2.24, 2.45) is 14.1 Å². The lowest BCUT2D eigenvalue weighted by Gasteiger charge is -2.30. The Labute approximate surface area is 184 Å². The van der Waals surface area contributed by atoms with E-state index in [9.17, 15) is 22.4 Å². The first-order valence-electron chi connectivity index (χ1n) is 10.00. The van der Waals surface area contributed by atoms with Crippen LogP contribution >= 0.6 is 0 Å². The first-order valence-corrected chi connectivity index (χ1v) is 11.4. The van der Waals surface area contributed by atoms with Gasteiger partial charge in [0.15, 0.2) is 0 Å². The molecule has 1 saturated heterocycles. The number of aryl methyl sites for hydroxylation is 2. The van der Waals surface area contributed by atoms with Crippen molar-refractivity contribution in [2.45, 2.75) is 4.90 Å². The normalized spacial score (nSPS) is 14.7. The highest BCUT2D eigenvalue weighted by atomic mass is 32.2. The Morgan fingerprint density at radius 1 is 1.06 bits per heavy atom. The zero-order valence-corrected chi connectivity index (χ0v) is 18.5. The number of ether oxygens (including phenoxy) is 1. The molecule has 2 heterocycles. The van der Waals surface area contributed by atoms with Gasteiger partial charge in [0.2, 0.25) is 5.91 Å². The maximum absolute atomic E-state index is 14.7. The summed E-state index contributed by atoms with van der Waals surface area (Å²) >= 11 is 0. The standard InChI is InChI=1S/C21H23FN4O5S/c1-23-18-8-7-15(13-19(18)24(2)21(23)28)32(29,30)26(17-6-4-3-5-16(17)22)14-20(27)25-9-11-31-12-10-25/h3-8,13H,9-12,14H2,1-2H3. The molecule has 1 aliphatic heterocycles. The van der Waals surface area contributed by atoms with Gasteiger partial charge >= 0.3 is 5.69 Å². The van der Waals surface area contributed by atoms with Gasteiger partial charge in [-0.1, -0.05) is 12.1 Å². The number of carbonyl (C=O) groups excluding carboxylic acids is 1. The Morgan fingerprint density at radius 3 is 2.41 bits per heavy atom. The van der Waals surface area contributed by atoms with E-state index in [-0.39, 0.29) is 16.3 Å². The highest BCUT2D eigenvalue weighted by Crippen LogP contribution is 2.28. The molecule has 4 rings (SSSR count). The molecule has 0 bridgehead atoms. The van der Waals surface area contributed by atoms with Crippen LogP contribution < -0.4 is 9.99 Å². The van der Waals surface area contributed by atoms with Crippen molar-refractivity contribution in [2.75, 3.05) is 37.2 Å². The monoisotopic (exact) mass is 462 g/mol. The highest BCUT2D eigenvalue weighted by Gasteiger charge is 2.31. The number of imidazole rings is 1. The van der Waals surface area contributed by atoms with E-state index < -0.39 is 28.3 Å². The molecule has 0 spiro atoms. The Hall–Kier alpha value is -3.18. The number of hydrogen-bond donors (Lipinski definition) is 0. The zero-order chi connectivity index (χ0) is 23.0. The number of benzene rings is 2. The second kappa shape index (κ2) is 8.40. The molecular formula is C21H23FN4O5S. The minimum absolute atomic E-state index is 0.149. The molecule has 170 valence electrons. The number of carbonyl (C=O) groups is 1. The fourth-order valence-corrected chi connectivity index (χ4v) is 5.21. The molecular weight excluding hydrogens is 439 g/mol. The molecule has 0 N–H and O–H groups in total. The Morgan fingerprint density at radius 2 is 1.72 bits per heavy atom. The first kappa shape index (κ1) is 22.0. The van der Waals surface area contributed by atoms with E-state index >= 15 is 0 Å². The van der Waals surface area contributed by atoms with Crippen molar-refractivity contribution in [3.05, 3.63) is 58.8 Å². The van der Waals surface area contributed by atoms with Gasteiger partial charge in [0.05, 0.1) is 34.8 Å². The predicted octanol–water partition coefficient (Wildman–Crippen LogP) is 1.07. The third-order valence-electron chi connectivity index (χ3n) is 5.60. The number of nitrogens with zero attached hydrogens (tertiary/aromatic N) is 4. The SMILES string of the molecule is Cn1c(=O)n(C)c2cc(S(=O)(=O)N(CC(=O)N3CCOCC3)c3ccccc3F)ccc21. The Bertz CT molecular complexity index is 1340. The van der Waals surface area contributed by atoms with E-state index in [1.165, 1.54) is 57.5 Å². The van der Waals surface area contributed by atoms with Crippen LogP contribution in [-0.4, -0.2) is 61.2 Å². The molecule has 2 aromatic carbocycles. The quantitative estimate of drug-likeness (QED) is 0.566. The molecule has 11 heteroatoms. The average molecular weight is 463 g/mol. The fourth-order valence-electron chi connectivity index (χ4n) is 3.76. The Kier molecular flexibility index (Phi) is 5.78. The number of morpholine rings is 1. The summed E-state index contributed by atoms with van der Waals surface area (Å²) in [4.78, 5) is 26.5. The lowest BCUT2D eigenvalue weighted by Crippen LogP contribution is -2.47. The third-order valence-corrected chi connectivity index (χ3v) is 7.35. The van der Waals surface area contributed by atoms with Crippen molar-refractivity contribution in [3.63, 3.8) is 0 Å². The van der Waals surface area contributed by atoms with Gasteiger partial charge < -0.3 is 9.64 Å². The highest BCUT2D eigenvalue weighted by molar-refractivity contribution is 7.92. The van der Waals surface area contributed by atoms with Crippen molar-refractivity contribution in [1.29, 1.82) is 0 Å². The van der Waals surface area contributed by atoms with E-state index in [1.54, 1.807) is 7.05 Å². The van der Waals surface area contributed by atoms with Crippen LogP contribution in [0.2, 0.25) is 0 Å². The number of hydrogen-bond acceptors (Lipinski definition) is 5. The maximum atomic E-state index is 14.7. The summed E-state index contributed by atoms with van der Waals surface area (Å²) in [6.07, 6.45) is 0. The molecule has 0 saturated carbocycles. The van der Waals surface area contributed by atoms with Gasteiger partial charge in [-0.25, -0.2) is 17.6 Å². The number of fused-ring (bicyclic) bond motifs is 1. The molecule has 1 aromatic heterocycles. The van der Waals surface area contributed by atoms with E-state index in [1.807, 2.05) is 0 Å². The van der Waals surface area contributed by atoms with Crippen LogP contribution in [0.5, 0.6) is 0 Å². The van der Waals surface area contributed by atoms with Crippen molar-refractivity contribution >= 4 is 32.7 Å². The first-order chi connectivity index (χ1) is 15.2. The summed E-state index contributed by atoms with van der Waals surface area (Å²) in [5.41, 5.74) is 0.434. The molecule has 0 radical (unpaired) electrons. The number of para-hydroxylation sites is 1. The van der Waals surface area contributed by atoms with Gasteiger partial charge in [0.25, 0.3) is 10.0 Å². The van der Waals surface area contributed by atoms with E-state index in [0.29, 0.717) is 37.3 Å². The lowest BCUT2D eigenvalue weighted by atomic mass is 10.3. The summed E-state index contributed by atoms with van der Waals surface area (Å²) < 4.78 is 50.7. The van der Waals surface area contributed by atoms with Crippen LogP contribution in [0.25, 0.3) is 11.0 Å². The van der Waals surface area contributed by atoms with Gasteiger partial charge in [-0.15, -0.1) is 0 Å². The summed E-state index contributed by atoms with van der Waals surface area (Å²) in [6.45, 7) is 0.826. The molecule has 9 nitrogen and oxygen atoms in total.